The van der Waals surface area contributed by atoms with Crippen molar-refractivity contribution in [3.05, 3.63) is 52.2 Å². The summed E-state index contributed by atoms with van der Waals surface area (Å²) in [5.41, 5.74) is -0.0724. The quantitative estimate of drug-likeness (QED) is 0.844. The van der Waals surface area contributed by atoms with Crippen molar-refractivity contribution in [3.63, 3.8) is 0 Å². The molecule has 0 bridgehead atoms. The summed E-state index contributed by atoms with van der Waals surface area (Å²) in [6.45, 7) is 4.22. The molecule has 132 valence electrons. The SMILES string of the molecule is CCOC(=O)c1cnc(N2CCN(c3ccccc3F)CC2)[nH]c1=O. The molecular formula is C17H19FN4O3. The lowest BCUT2D eigenvalue weighted by Crippen LogP contribution is -2.47. The molecule has 0 saturated carbocycles. The Balaban J connectivity index is 1.69. The van der Waals surface area contributed by atoms with E-state index in [0.29, 0.717) is 37.8 Å². The van der Waals surface area contributed by atoms with E-state index >= 15 is 0 Å². The van der Waals surface area contributed by atoms with Crippen LogP contribution in [0.1, 0.15) is 17.3 Å². The van der Waals surface area contributed by atoms with Crippen LogP contribution in [0.5, 0.6) is 0 Å². The fraction of sp³-hybridized carbons (Fsp3) is 0.353. The first-order valence-corrected chi connectivity index (χ1v) is 8.11. The summed E-state index contributed by atoms with van der Waals surface area (Å²) in [6, 6.07) is 6.65. The van der Waals surface area contributed by atoms with Gasteiger partial charge in [-0.25, -0.2) is 14.2 Å². The highest BCUT2D eigenvalue weighted by Crippen LogP contribution is 2.21. The van der Waals surface area contributed by atoms with E-state index < -0.39 is 11.5 Å². The fourth-order valence-corrected chi connectivity index (χ4v) is 2.77. The number of nitrogens with zero attached hydrogens (tertiary/aromatic N) is 3. The van der Waals surface area contributed by atoms with Gasteiger partial charge in [-0.05, 0) is 19.1 Å². The number of aromatic nitrogens is 2. The number of hydrogen-bond acceptors (Lipinski definition) is 6. The van der Waals surface area contributed by atoms with Gasteiger partial charge < -0.3 is 14.5 Å². The van der Waals surface area contributed by atoms with Crippen LogP contribution in [0.25, 0.3) is 0 Å². The molecule has 2 aromatic rings. The number of carbonyl (C=O) groups excluding carboxylic acids is 1. The number of carbonyl (C=O) groups is 1. The first kappa shape index (κ1) is 16.9. The van der Waals surface area contributed by atoms with Crippen LogP contribution >= 0.6 is 0 Å². The number of ether oxygens (including phenoxy) is 1. The van der Waals surface area contributed by atoms with Crippen molar-refractivity contribution in [1.29, 1.82) is 0 Å². The molecular weight excluding hydrogens is 327 g/mol. The molecule has 1 aromatic heterocycles. The average Bonchev–Trinajstić information content (AvgIpc) is 2.62. The zero-order chi connectivity index (χ0) is 17.8. The summed E-state index contributed by atoms with van der Waals surface area (Å²) < 4.78 is 18.7. The van der Waals surface area contributed by atoms with Crippen LogP contribution < -0.4 is 15.4 Å². The van der Waals surface area contributed by atoms with Crippen LogP contribution in [-0.2, 0) is 4.74 Å². The molecule has 0 aliphatic carbocycles. The van der Waals surface area contributed by atoms with Gasteiger partial charge in [0.05, 0.1) is 18.5 Å². The second kappa shape index (κ2) is 7.33. The average molecular weight is 346 g/mol. The smallest absolute Gasteiger partial charge is 0.345 e. The highest BCUT2D eigenvalue weighted by atomic mass is 19.1. The third kappa shape index (κ3) is 3.62. The maximum atomic E-state index is 13.9. The van der Waals surface area contributed by atoms with Gasteiger partial charge in [0.15, 0.2) is 0 Å². The van der Waals surface area contributed by atoms with Crippen LogP contribution in [0, 0.1) is 5.82 Å². The van der Waals surface area contributed by atoms with E-state index in [2.05, 4.69) is 9.97 Å². The summed E-state index contributed by atoms with van der Waals surface area (Å²) in [4.78, 5) is 34.3. The van der Waals surface area contributed by atoms with Gasteiger partial charge in [0.1, 0.15) is 11.4 Å². The second-order valence-electron chi connectivity index (χ2n) is 5.60. The van der Waals surface area contributed by atoms with Crippen molar-refractivity contribution in [2.24, 2.45) is 0 Å². The second-order valence-corrected chi connectivity index (χ2v) is 5.60. The molecule has 2 heterocycles. The number of hydrogen-bond donors (Lipinski definition) is 1. The predicted molar refractivity (Wildman–Crippen MR) is 91.6 cm³/mol. The van der Waals surface area contributed by atoms with E-state index in [4.69, 9.17) is 4.74 Å². The van der Waals surface area contributed by atoms with Gasteiger partial charge in [-0.1, -0.05) is 12.1 Å². The molecule has 0 amide bonds. The molecule has 1 aromatic carbocycles. The molecule has 1 saturated heterocycles. The summed E-state index contributed by atoms with van der Waals surface area (Å²) in [5, 5.41) is 0. The van der Waals surface area contributed by atoms with Crippen molar-refractivity contribution >= 4 is 17.6 Å². The Hall–Kier alpha value is -2.90. The lowest BCUT2D eigenvalue weighted by atomic mass is 10.2. The third-order valence-electron chi connectivity index (χ3n) is 4.05. The maximum Gasteiger partial charge on any atom is 0.345 e. The minimum absolute atomic E-state index is 0.115. The number of anilines is 2. The van der Waals surface area contributed by atoms with E-state index in [0.717, 1.165) is 0 Å². The third-order valence-corrected chi connectivity index (χ3v) is 4.05. The fourth-order valence-electron chi connectivity index (χ4n) is 2.77. The largest absolute Gasteiger partial charge is 0.462 e. The molecule has 3 rings (SSSR count). The predicted octanol–water partition coefficient (Wildman–Crippen LogP) is 1.41. The number of nitrogens with one attached hydrogen (secondary N) is 1. The Kier molecular flexibility index (Phi) is 4.97. The minimum atomic E-state index is -0.688. The molecule has 0 atom stereocenters. The number of aromatic amines is 1. The van der Waals surface area contributed by atoms with Gasteiger partial charge >= 0.3 is 5.97 Å². The van der Waals surface area contributed by atoms with Gasteiger partial charge in [0, 0.05) is 26.2 Å². The lowest BCUT2D eigenvalue weighted by Gasteiger charge is -2.36. The summed E-state index contributed by atoms with van der Waals surface area (Å²) in [7, 11) is 0. The van der Waals surface area contributed by atoms with Crippen LogP contribution in [0.4, 0.5) is 16.0 Å². The zero-order valence-electron chi connectivity index (χ0n) is 13.9. The van der Waals surface area contributed by atoms with Crippen LogP contribution in [0.2, 0.25) is 0 Å². The number of H-pyrrole nitrogens is 1. The van der Waals surface area contributed by atoms with Gasteiger partial charge in [-0.2, -0.15) is 0 Å². The van der Waals surface area contributed by atoms with E-state index in [1.54, 1.807) is 25.1 Å². The normalized spacial score (nSPS) is 14.5. The highest BCUT2D eigenvalue weighted by molar-refractivity contribution is 5.88. The molecule has 7 nitrogen and oxygen atoms in total. The topological polar surface area (TPSA) is 78.5 Å². The Bertz CT molecular complexity index is 816. The Labute approximate surface area is 144 Å². The molecule has 0 spiro atoms. The highest BCUT2D eigenvalue weighted by Gasteiger charge is 2.22. The van der Waals surface area contributed by atoms with Crippen LogP contribution in [0.3, 0.4) is 0 Å². The van der Waals surface area contributed by atoms with E-state index in [-0.39, 0.29) is 18.0 Å². The molecule has 8 heteroatoms. The van der Waals surface area contributed by atoms with Crippen LogP contribution in [-0.4, -0.2) is 48.7 Å². The zero-order valence-corrected chi connectivity index (χ0v) is 13.9. The van der Waals surface area contributed by atoms with Gasteiger partial charge in [-0.3, -0.25) is 9.78 Å². The summed E-state index contributed by atoms with van der Waals surface area (Å²) >= 11 is 0. The first-order chi connectivity index (χ1) is 12.1. The Morgan fingerprint density at radius 2 is 1.92 bits per heavy atom. The minimum Gasteiger partial charge on any atom is -0.462 e. The monoisotopic (exact) mass is 346 g/mol. The molecule has 1 aliphatic heterocycles. The van der Waals surface area contributed by atoms with Gasteiger partial charge in [0.2, 0.25) is 5.95 Å². The first-order valence-electron chi connectivity index (χ1n) is 8.11. The Morgan fingerprint density at radius 1 is 1.24 bits per heavy atom. The Morgan fingerprint density at radius 3 is 2.56 bits per heavy atom. The number of benzene rings is 1. The standard InChI is InChI=1S/C17H19FN4O3/c1-2-25-16(24)12-11-19-17(20-15(12)23)22-9-7-21(8-10-22)14-6-4-3-5-13(14)18/h3-6,11H,2,7-10H2,1H3,(H,19,20,23). The molecule has 1 N–H and O–H groups in total. The molecule has 1 aliphatic rings. The number of halogens is 1. The van der Waals surface area contributed by atoms with Crippen molar-refractivity contribution in [2.45, 2.75) is 6.92 Å². The number of piperazine rings is 1. The van der Waals surface area contributed by atoms with Crippen molar-refractivity contribution in [2.75, 3.05) is 42.6 Å². The van der Waals surface area contributed by atoms with E-state index in [9.17, 15) is 14.0 Å². The van der Waals surface area contributed by atoms with E-state index in [1.807, 2.05) is 9.80 Å². The number of esters is 1. The molecule has 0 unspecified atom stereocenters. The lowest BCUT2D eigenvalue weighted by molar-refractivity contribution is 0.0523. The number of para-hydroxylation sites is 1. The van der Waals surface area contributed by atoms with Crippen LogP contribution in [0.15, 0.2) is 35.3 Å². The molecule has 0 radical (unpaired) electrons. The van der Waals surface area contributed by atoms with Crippen molar-refractivity contribution in [1.82, 2.24) is 9.97 Å². The maximum absolute atomic E-state index is 13.9. The number of rotatable bonds is 4. The summed E-state index contributed by atoms with van der Waals surface area (Å²) in [5.74, 6) is -0.542. The summed E-state index contributed by atoms with van der Waals surface area (Å²) in [6.07, 6.45) is 1.23. The molecule has 1 fully saturated rings. The van der Waals surface area contributed by atoms with Gasteiger partial charge in [-0.15, -0.1) is 0 Å². The van der Waals surface area contributed by atoms with E-state index in [1.165, 1.54) is 12.3 Å². The van der Waals surface area contributed by atoms with Gasteiger partial charge in [0.25, 0.3) is 5.56 Å². The van der Waals surface area contributed by atoms with Crippen molar-refractivity contribution in [3.8, 4) is 0 Å². The van der Waals surface area contributed by atoms with Crippen molar-refractivity contribution < 1.29 is 13.9 Å². The molecule has 25 heavy (non-hydrogen) atoms.